The molecule has 2 heterocycles. The number of halogens is 2. The summed E-state index contributed by atoms with van der Waals surface area (Å²) in [6, 6.07) is 6.46. The maximum atomic E-state index is 3.82. The predicted octanol–water partition coefficient (Wildman–Crippen LogP) is 3.01. The van der Waals surface area contributed by atoms with Crippen LogP contribution in [-0.2, 0) is 0 Å². The predicted molar refractivity (Wildman–Crippen MR) is 76.2 cm³/mol. The molecule has 1 aliphatic rings. The first-order chi connectivity index (χ1) is 6.76. The van der Waals surface area contributed by atoms with E-state index >= 15 is 0 Å². The topological polar surface area (TPSA) is 7.12 Å². The van der Waals surface area contributed by atoms with Gasteiger partial charge >= 0.3 is 4.06 Å². The largest absolute Gasteiger partial charge is 0.487 e. The Bertz CT molecular complexity index is 417. The molecule has 0 unspecified atom stereocenters. The molecule has 0 saturated heterocycles. The van der Waals surface area contributed by atoms with Gasteiger partial charge in [-0.3, -0.25) is 0 Å². The van der Waals surface area contributed by atoms with Crippen molar-refractivity contribution in [2.45, 2.75) is 26.6 Å². The van der Waals surface area contributed by atoms with Crippen LogP contribution in [0, 0.1) is 6.92 Å². The van der Waals surface area contributed by atoms with Crippen molar-refractivity contribution >= 4 is 49.6 Å². The van der Waals surface area contributed by atoms with E-state index in [1.165, 1.54) is 11.5 Å². The van der Waals surface area contributed by atoms with Gasteiger partial charge in [0.05, 0.1) is 5.69 Å². The summed E-state index contributed by atoms with van der Waals surface area (Å²) in [5.74, 6) is 1.32. The molecule has 1 aromatic rings. The van der Waals surface area contributed by atoms with Gasteiger partial charge in [0.2, 0.25) is 8.24 Å². The van der Waals surface area contributed by atoms with Crippen LogP contribution in [0.4, 0.5) is 5.82 Å². The molecule has 0 atom stereocenters. The third-order valence-electron chi connectivity index (χ3n) is 2.80. The summed E-state index contributed by atoms with van der Waals surface area (Å²) in [4.78, 5) is 0. The second kappa shape index (κ2) is 3.34. The van der Waals surface area contributed by atoms with Crippen molar-refractivity contribution in [3.8, 4) is 0 Å². The Hall–Kier alpha value is 0.192. The average Bonchev–Trinajstić information content (AvgIpc) is 1.98. The molecule has 1 aromatic heterocycles. The van der Waals surface area contributed by atoms with E-state index in [2.05, 4.69) is 85.2 Å². The minimum absolute atomic E-state index is 0.904. The lowest BCUT2D eigenvalue weighted by atomic mass is 10.0. The molecule has 82 valence electrons. The van der Waals surface area contributed by atoms with E-state index < -0.39 is 12.3 Å². The zero-order chi connectivity index (χ0) is 11.4. The fourth-order valence-corrected chi connectivity index (χ4v) is 9.33. The Morgan fingerprint density at radius 1 is 1.27 bits per heavy atom. The highest BCUT2D eigenvalue weighted by atomic mass is 79.9. The molecule has 0 amide bonds. The van der Waals surface area contributed by atoms with Crippen molar-refractivity contribution in [2.75, 3.05) is 4.48 Å². The number of aryl methyl sites for hydroxylation is 1. The maximum absolute atomic E-state index is 3.82. The molecule has 2 nitrogen and oxygen atoms in total. The van der Waals surface area contributed by atoms with E-state index in [4.69, 9.17) is 0 Å². The molecule has 0 aliphatic carbocycles. The minimum atomic E-state index is -1.34. The van der Waals surface area contributed by atoms with Gasteiger partial charge in [0.1, 0.15) is 0 Å². The minimum Gasteiger partial charge on any atom is -0.453 e. The van der Waals surface area contributed by atoms with Gasteiger partial charge in [-0.2, -0.15) is 0 Å². The number of nitrogens with zero attached hydrogens (tertiary/aromatic N) is 2. The summed E-state index contributed by atoms with van der Waals surface area (Å²) in [6.45, 7) is 9.22. The zero-order valence-corrected chi connectivity index (χ0v) is 13.6. The molecule has 1 aliphatic heterocycles. The third-order valence-corrected chi connectivity index (χ3v) is 7.24. The van der Waals surface area contributed by atoms with Gasteiger partial charge in [0.15, 0.2) is 5.82 Å². The lowest BCUT2D eigenvalue weighted by Crippen LogP contribution is -2.84. The number of hydrogen-bond donors (Lipinski definition) is 0. The Labute approximate surface area is 109 Å². The SMILES string of the molecule is Cc1cccc2[n+]1[B-](Br)(Br)N2[Si](C)(C)C. The molecule has 0 bridgehead atoms. The lowest BCUT2D eigenvalue weighted by molar-refractivity contribution is -0.546. The van der Waals surface area contributed by atoms with E-state index in [1.807, 2.05) is 0 Å². The van der Waals surface area contributed by atoms with Gasteiger partial charge < -0.3 is 8.95 Å². The summed E-state index contributed by atoms with van der Waals surface area (Å²) < 4.78 is 3.94. The fourth-order valence-electron chi connectivity index (χ4n) is 2.24. The Balaban J connectivity index is 2.58. The quantitative estimate of drug-likeness (QED) is 0.707. The Kier molecular flexibility index (Phi) is 2.60. The second-order valence-corrected chi connectivity index (χ2v) is 13.6. The molecular weight excluding hydrogens is 335 g/mol. The van der Waals surface area contributed by atoms with Crippen LogP contribution in [0.3, 0.4) is 0 Å². The number of rotatable bonds is 1. The van der Waals surface area contributed by atoms with Crippen LogP contribution in [0.5, 0.6) is 0 Å². The monoisotopic (exact) mass is 348 g/mol. The van der Waals surface area contributed by atoms with Crippen LogP contribution in [0.25, 0.3) is 0 Å². The Morgan fingerprint density at radius 2 is 1.87 bits per heavy atom. The molecule has 0 aromatic carbocycles. The van der Waals surface area contributed by atoms with Crippen LogP contribution >= 0.6 is 31.5 Å². The molecular formula is C9H15BBr2N2Si. The van der Waals surface area contributed by atoms with Gasteiger partial charge in [0, 0.05) is 6.07 Å². The van der Waals surface area contributed by atoms with E-state index in [0.29, 0.717) is 0 Å². The van der Waals surface area contributed by atoms with Crippen molar-refractivity contribution < 1.29 is 4.48 Å². The smallest absolute Gasteiger partial charge is 0.453 e. The van der Waals surface area contributed by atoms with Gasteiger partial charge in [0.25, 0.3) is 0 Å². The highest BCUT2D eigenvalue weighted by Gasteiger charge is 2.55. The first kappa shape index (κ1) is 11.7. The fraction of sp³-hybridized carbons (Fsp3) is 0.444. The summed E-state index contributed by atoms with van der Waals surface area (Å²) >= 11 is 7.64. The molecule has 0 N–H and O–H groups in total. The van der Waals surface area contributed by atoms with E-state index in [9.17, 15) is 0 Å². The second-order valence-electron chi connectivity index (χ2n) is 5.02. The van der Waals surface area contributed by atoms with E-state index in [-0.39, 0.29) is 0 Å². The van der Waals surface area contributed by atoms with E-state index in [0.717, 1.165) is 0 Å². The van der Waals surface area contributed by atoms with Crippen LogP contribution in [0.2, 0.25) is 19.6 Å². The summed E-state index contributed by atoms with van der Waals surface area (Å²) in [6.07, 6.45) is 0. The van der Waals surface area contributed by atoms with Crippen molar-refractivity contribution in [3.05, 3.63) is 23.9 Å². The van der Waals surface area contributed by atoms with Crippen molar-refractivity contribution in [1.82, 2.24) is 0 Å². The zero-order valence-electron chi connectivity index (χ0n) is 9.46. The average molecular weight is 350 g/mol. The van der Waals surface area contributed by atoms with Crippen molar-refractivity contribution in [1.29, 1.82) is 0 Å². The number of anilines is 1. The highest BCUT2D eigenvalue weighted by Crippen LogP contribution is 2.39. The summed E-state index contributed by atoms with van der Waals surface area (Å²) in [7, 11) is -1.34. The Morgan fingerprint density at radius 3 is 2.40 bits per heavy atom. The maximum Gasteiger partial charge on any atom is 0.487 e. The molecule has 0 spiro atoms. The van der Waals surface area contributed by atoms with Crippen LogP contribution < -0.4 is 8.95 Å². The molecule has 0 radical (unpaired) electrons. The van der Waals surface area contributed by atoms with Gasteiger partial charge in [-0.25, -0.2) is 31.5 Å². The van der Waals surface area contributed by atoms with Crippen LogP contribution in [-0.4, -0.2) is 12.3 Å². The highest BCUT2D eigenvalue weighted by molar-refractivity contribution is 9.50. The molecule has 2 rings (SSSR count). The van der Waals surface area contributed by atoms with Gasteiger partial charge in [-0.15, -0.1) is 0 Å². The first-order valence-electron chi connectivity index (χ1n) is 5.09. The number of aromatic nitrogens is 1. The molecule has 6 heteroatoms. The standard InChI is InChI=1S/C9H15BBr2N2Si/c1-8-6-5-7-9-13(8)10(11,12)14(9)15(2,3)4/h5-7H,1-4H3. The summed E-state index contributed by atoms with van der Waals surface area (Å²) in [5, 5.41) is 0. The van der Waals surface area contributed by atoms with Crippen molar-refractivity contribution in [2.24, 2.45) is 0 Å². The molecule has 0 fully saturated rings. The molecule has 0 saturated carbocycles. The lowest BCUT2D eigenvalue weighted by Gasteiger charge is -2.55. The number of fused-ring (bicyclic) bond motifs is 1. The summed E-state index contributed by atoms with van der Waals surface area (Å²) in [5.41, 5.74) is 1.29. The normalized spacial score (nSPS) is 18.4. The van der Waals surface area contributed by atoms with Crippen LogP contribution in [0.15, 0.2) is 18.2 Å². The molecule has 15 heavy (non-hydrogen) atoms. The third kappa shape index (κ3) is 1.61. The number of hydrogen-bond acceptors (Lipinski definition) is 1. The number of pyridine rings is 1. The van der Waals surface area contributed by atoms with Crippen LogP contribution in [0.1, 0.15) is 5.69 Å². The van der Waals surface area contributed by atoms with Gasteiger partial charge in [-0.1, -0.05) is 6.07 Å². The van der Waals surface area contributed by atoms with Gasteiger partial charge in [-0.05, 0) is 32.6 Å². The van der Waals surface area contributed by atoms with E-state index in [1.54, 1.807) is 0 Å². The first-order valence-corrected chi connectivity index (χ1v) is 10.4. The van der Waals surface area contributed by atoms with Crippen molar-refractivity contribution in [3.63, 3.8) is 0 Å².